The Morgan fingerprint density at radius 3 is 2.72 bits per heavy atom. The standard InChI is InChI=1S/C16H27N5O4/c1-16(2,24-3)14(23)21-11(6-4-9-20-15(17)18)12(22)10-25-13-7-5-8-19-13/h5,7,11H,4,6,8-10H2,1-3H3,(H,21,23)(H4,17,18,20)/t11-/m0/s1. The third-order valence-corrected chi connectivity index (χ3v) is 3.67. The molecule has 0 saturated carbocycles. The average molecular weight is 353 g/mol. The van der Waals surface area contributed by atoms with Crippen molar-refractivity contribution in [3.8, 4) is 0 Å². The van der Waals surface area contributed by atoms with Gasteiger partial charge in [-0.2, -0.15) is 0 Å². The molecule has 1 heterocycles. The summed E-state index contributed by atoms with van der Waals surface area (Å²) < 4.78 is 10.5. The second kappa shape index (κ2) is 9.77. The summed E-state index contributed by atoms with van der Waals surface area (Å²) in [5, 5.41) is 2.71. The van der Waals surface area contributed by atoms with E-state index in [0.717, 1.165) is 0 Å². The number of rotatable bonds is 10. The van der Waals surface area contributed by atoms with Gasteiger partial charge in [-0.3, -0.25) is 14.6 Å². The highest BCUT2D eigenvalue weighted by Gasteiger charge is 2.31. The van der Waals surface area contributed by atoms with E-state index in [4.69, 9.17) is 20.9 Å². The van der Waals surface area contributed by atoms with E-state index in [1.54, 1.807) is 19.9 Å². The summed E-state index contributed by atoms with van der Waals surface area (Å²) >= 11 is 0. The zero-order valence-corrected chi connectivity index (χ0v) is 14.9. The molecular weight excluding hydrogens is 326 g/mol. The van der Waals surface area contributed by atoms with Crippen LogP contribution in [0.1, 0.15) is 26.7 Å². The molecule has 0 spiro atoms. The van der Waals surface area contributed by atoms with Crippen molar-refractivity contribution in [3.05, 3.63) is 12.2 Å². The van der Waals surface area contributed by atoms with E-state index < -0.39 is 11.6 Å². The number of carbonyl (C=O) groups is 2. The van der Waals surface area contributed by atoms with Gasteiger partial charge >= 0.3 is 0 Å². The summed E-state index contributed by atoms with van der Waals surface area (Å²) in [5.41, 5.74) is 9.51. The monoisotopic (exact) mass is 353 g/mol. The topological polar surface area (TPSA) is 141 Å². The highest BCUT2D eigenvalue weighted by molar-refractivity contribution is 5.95. The number of carbonyl (C=O) groups excluding carboxylic acids is 2. The number of nitrogens with one attached hydrogen (secondary N) is 1. The van der Waals surface area contributed by atoms with E-state index in [0.29, 0.717) is 31.8 Å². The lowest BCUT2D eigenvalue weighted by molar-refractivity contribution is -0.142. The molecule has 1 atom stereocenters. The van der Waals surface area contributed by atoms with Crippen LogP contribution in [0.5, 0.6) is 0 Å². The first-order chi connectivity index (χ1) is 11.8. The van der Waals surface area contributed by atoms with Crippen molar-refractivity contribution in [2.24, 2.45) is 21.5 Å². The van der Waals surface area contributed by atoms with Gasteiger partial charge in [0.05, 0.1) is 12.6 Å². The third kappa shape index (κ3) is 7.34. The molecule has 1 aliphatic heterocycles. The van der Waals surface area contributed by atoms with Gasteiger partial charge in [0.2, 0.25) is 5.90 Å². The molecule has 0 aliphatic carbocycles. The minimum atomic E-state index is -1.04. The zero-order chi connectivity index (χ0) is 18.9. The van der Waals surface area contributed by atoms with Crippen molar-refractivity contribution >= 4 is 23.5 Å². The third-order valence-electron chi connectivity index (χ3n) is 3.67. The van der Waals surface area contributed by atoms with Crippen molar-refractivity contribution < 1.29 is 19.1 Å². The normalized spacial score (nSPS) is 14.6. The van der Waals surface area contributed by atoms with Crippen molar-refractivity contribution in [1.29, 1.82) is 0 Å². The van der Waals surface area contributed by atoms with Crippen LogP contribution in [0.15, 0.2) is 22.1 Å². The number of Topliss-reactive ketones (excluding diaryl/α,β-unsaturated/α-hetero) is 1. The minimum absolute atomic E-state index is 0.0122. The second-order valence-corrected chi connectivity index (χ2v) is 6.03. The van der Waals surface area contributed by atoms with Crippen molar-refractivity contribution in [1.82, 2.24) is 5.32 Å². The molecule has 0 aromatic heterocycles. The lowest BCUT2D eigenvalue weighted by Crippen LogP contribution is -2.51. The molecule has 0 saturated heterocycles. The molecule has 1 aliphatic rings. The molecule has 0 unspecified atom stereocenters. The lowest BCUT2D eigenvalue weighted by Gasteiger charge is -2.25. The summed E-state index contributed by atoms with van der Waals surface area (Å²) in [4.78, 5) is 32.6. The van der Waals surface area contributed by atoms with Crippen LogP contribution in [0.3, 0.4) is 0 Å². The van der Waals surface area contributed by atoms with E-state index >= 15 is 0 Å². The molecule has 25 heavy (non-hydrogen) atoms. The van der Waals surface area contributed by atoms with Crippen molar-refractivity contribution in [3.63, 3.8) is 0 Å². The number of ether oxygens (including phenoxy) is 2. The predicted octanol–water partition coefficient (Wildman–Crippen LogP) is -0.496. The Kier molecular flexibility index (Phi) is 8.06. The van der Waals surface area contributed by atoms with Gasteiger partial charge in [0, 0.05) is 13.7 Å². The first-order valence-corrected chi connectivity index (χ1v) is 8.04. The number of hydrogen-bond acceptors (Lipinski definition) is 6. The molecule has 0 radical (unpaired) electrons. The van der Waals surface area contributed by atoms with Crippen LogP contribution < -0.4 is 16.8 Å². The number of ketones is 1. The van der Waals surface area contributed by atoms with Crippen LogP contribution in [0, 0.1) is 0 Å². The fraction of sp³-hybridized carbons (Fsp3) is 0.625. The quantitative estimate of drug-likeness (QED) is 0.275. The van der Waals surface area contributed by atoms with Crippen LogP contribution in [0.2, 0.25) is 0 Å². The number of methoxy groups -OCH3 is 1. The Bertz CT molecular complexity index is 565. The molecule has 5 N–H and O–H groups in total. The van der Waals surface area contributed by atoms with Crippen LogP contribution in [-0.2, 0) is 19.1 Å². The molecule has 1 amide bonds. The molecule has 0 bridgehead atoms. The molecule has 0 aromatic rings. The highest BCUT2D eigenvalue weighted by atomic mass is 16.5. The Balaban J connectivity index is 2.64. The smallest absolute Gasteiger partial charge is 0.252 e. The van der Waals surface area contributed by atoms with Gasteiger partial charge in [-0.05, 0) is 32.8 Å². The van der Waals surface area contributed by atoms with Crippen LogP contribution in [0.4, 0.5) is 0 Å². The van der Waals surface area contributed by atoms with Crippen LogP contribution in [0.25, 0.3) is 0 Å². The number of hydrogen-bond donors (Lipinski definition) is 3. The van der Waals surface area contributed by atoms with Gasteiger partial charge in [0.1, 0.15) is 5.60 Å². The lowest BCUT2D eigenvalue weighted by atomic mass is 10.0. The first kappa shape index (κ1) is 20.6. The summed E-state index contributed by atoms with van der Waals surface area (Å²) in [6.07, 6.45) is 4.44. The van der Waals surface area contributed by atoms with E-state index in [2.05, 4.69) is 15.3 Å². The summed E-state index contributed by atoms with van der Waals surface area (Å²) in [5.74, 6) is -0.237. The fourth-order valence-corrected chi connectivity index (χ4v) is 1.93. The Hall–Kier alpha value is -2.42. The molecule has 0 fully saturated rings. The minimum Gasteiger partial charge on any atom is -0.470 e. The second-order valence-electron chi connectivity index (χ2n) is 6.03. The van der Waals surface area contributed by atoms with Gasteiger partial charge < -0.3 is 26.3 Å². The molecule has 0 aromatic carbocycles. The largest absolute Gasteiger partial charge is 0.470 e. The molecule has 9 nitrogen and oxygen atoms in total. The highest BCUT2D eigenvalue weighted by Crippen LogP contribution is 2.10. The predicted molar refractivity (Wildman–Crippen MR) is 95.3 cm³/mol. The maximum Gasteiger partial charge on any atom is 0.252 e. The van der Waals surface area contributed by atoms with Gasteiger partial charge in [-0.1, -0.05) is 6.08 Å². The SMILES string of the molecule is COC(C)(C)C(=O)N[C@@H](CCCN=C(N)N)C(=O)COC1=NCC=C1. The van der Waals surface area contributed by atoms with Crippen molar-refractivity contribution in [2.45, 2.75) is 38.3 Å². The summed E-state index contributed by atoms with van der Waals surface area (Å²) in [7, 11) is 1.43. The summed E-state index contributed by atoms with van der Waals surface area (Å²) in [6, 6.07) is -0.720. The number of nitrogens with two attached hydrogens (primary N) is 2. The maximum absolute atomic E-state index is 12.4. The van der Waals surface area contributed by atoms with Crippen LogP contribution in [-0.4, -0.2) is 62.0 Å². The zero-order valence-electron chi connectivity index (χ0n) is 14.9. The molecule has 9 heteroatoms. The van der Waals surface area contributed by atoms with E-state index in [1.165, 1.54) is 7.11 Å². The number of amides is 1. The Morgan fingerprint density at radius 2 is 2.16 bits per heavy atom. The number of aliphatic imine (C=N–C) groups is 2. The van der Waals surface area contributed by atoms with Gasteiger partial charge in [-0.15, -0.1) is 0 Å². The molecular formula is C16H27N5O4. The fourth-order valence-electron chi connectivity index (χ4n) is 1.93. The van der Waals surface area contributed by atoms with Crippen molar-refractivity contribution in [2.75, 3.05) is 26.8 Å². The van der Waals surface area contributed by atoms with E-state index in [1.807, 2.05) is 6.08 Å². The number of nitrogens with zero attached hydrogens (tertiary/aromatic N) is 2. The van der Waals surface area contributed by atoms with Crippen LogP contribution >= 0.6 is 0 Å². The van der Waals surface area contributed by atoms with Gasteiger partial charge in [-0.25, -0.2) is 4.99 Å². The number of guanidine groups is 1. The first-order valence-electron chi connectivity index (χ1n) is 8.04. The summed E-state index contributed by atoms with van der Waals surface area (Å²) in [6.45, 7) is 3.98. The Morgan fingerprint density at radius 1 is 1.44 bits per heavy atom. The van der Waals surface area contributed by atoms with Gasteiger partial charge in [0.15, 0.2) is 18.3 Å². The average Bonchev–Trinajstić information content (AvgIpc) is 3.08. The Labute approximate surface area is 147 Å². The molecule has 140 valence electrons. The van der Waals surface area contributed by atoms with E-state index in [-0.39, 0.29) is 24.3 Å². The van der Waals surface area contributed by atoms with Gasteiger partial charge in [0.25, 0.3) is 5.91 Å². The maximum atomic E-state index is 12.4. The molecule has 1 rings (SSSR count). The van der Waals surface area contributed by atoms with E-state index in [9.17, 15) is 9.59 Å².